The summed E-state index contributed by atoms with van der Waals surface area (Å²) in [7, 11) is 0. The van der Waals surface area contributed by atoms with E-state index >= 15 is 0 Å². The van der Waals surface area contributed by atoms with Gasteiger partial charge in [-0.15, -0.1) is 11.8 Å². The van der Waals surface area contributed by atoms with Gasteiger partial charge in [-0.2, -0.15) is 0 Å². The Morgan fingerprint density at radius 3 is 2.32 bits per heavy atom. The second-order valence-corrected chi connectivity index (χ2v) is 7.44. The molecule has 2 N–H and O–H groups in total. The molecule has 1 amide bonds. The summed E-state index contributed by atoms with van der Waals surface area (Å²) in [6.45, 7) is 1.35. The summed E-state index contributed by atoms with van der Waals surface area (Å²) < 4.78 is 0. The molecule has 1 atom stereocenters. The Hall–Kier alpha value is -2.02. The van der Waals surface area contributed by atoms with Crippen LogP contribution in [0.3, 0.4) is 0 Å². The van der Waals surface area contributed by atoms with Crippen LogP contribution in [-0.2, 0) is 20.8 Å². The van der Waals surface area contributed by atoms with Crippen LogP contribution in [0.2, 0.25) is 0 Å². The number of aliphatic carboxylic acids is 2. The van der Waals surface area contributed by atoms with E-state index in [4.69, 9.17) is 10.2 Å². The average molecular weight is 365 g/mol. The minimum Gasteiger partial charge on any atom is -0.481 e. The summed E-state index contributed by atoms with van der Waals surface area (Å²) in [5.74, 6) is -1.92. The van der Waals surface area contributed by atoms with E-state index in [0.29, 0.717) is 19.0 Å². The minimum absolute atomic E-state index is 0.00754. The molecule has 1 saturated heterocycles. The van der Waals surface area contributed by atoms with Crippen LogP contribution in [0.25, 0.3) is 0 Å². The normalized spacial score (nSPS) is 16.4. The number of thioether (sulfide) groups is 1. The molecule has 1 fully saturated rings. The molecule has 0 spiro atoms. The van der Waals surface area contributed by atoms with E-state index in [2.05, 4.69) is 12.1 Å². The maximum absolute atomic E-state index is 12.2. The number of rotatable bonds is 8. The van der Waals surface area contributed by atoms with Crippen molar-refractivity contribution in [1.82, 2.24) is 4.90 Å². The van der Waals surface area contributed by atoms with E-state index in [1.807, 2.05) is 18.2 Å². The molecule has 136 valence electrons. The number of likely N-dealkylation sites (tertiary alicyclic amines) is 1. The molecule has 6 nitrogen and oxygen atoms in total. The maximum atomic E-state index is 12.2. The number of carboxylic acids is 2. The van der Waals surface area contributed by atoms with E-state index in [9.17, 15) is 14.4 Å². The summed E-state index contributed by atoms with van der Waals surface area (Å²) in [5, 5.41) is 16.7. The molecule has 0 radical (unpaired) electrons. The lowest BCUT2D eigenvalue weighted by Crippen LogP contribution is -2.40. The van der Waals surface area contributed by atoms with Crippen molar-refractivity contribution in [3.63, 3.8) is 0 Å². The lowest BCUT2D eigenvalue weighted by Gasteiger charge is -2.32. The first kappa shape index (κ1) is 19.3. The molecule has 0 aliphatic carbocycles. The van der Waals surface area contributed by atoms with Crippen LogP contribution in [0.4, 0.5) is 0 Å². The number of hydrogen-bond donors (Lipinski definition) is 2. The second kappa shape index (κ2) is 9.46. The Balaban J connectivity index is 1.75. The zero-order chi connectivity index (χ0) is 18.2. The number of benzene rings is 1. The lowest BCUT2D eigenvalue weighted by atomic mass is 9.90. The first-order chi connectivity index (χ1) is 12.0. The molecule has 2 rings (SSSR count). The van der Waals surface area contributed by atoms with Crippen LogP contribution in [0.15, 0.2) is 30.3 Å². The van der Waals surface area contributed by atoms with Crippen molar-refractivity contribution in [1.29, 1.82) is 0 Å². The molecular weight excluding hydrogens is 342 g/mol. The fourth-order valence-electron chi connectivity index (χ4n) is 2.97. The molecule has 1 aliphatic rings. The van der Waals surface area contributed by atoms with Crippen molar-refractivity contribution in [2.75, 3.05) is 18.8 Å². The first-order valence-corrected chi connectivity index (χ1v) is 9.38. The van der Waals surface area contributed by atoms with Crippen molar-refractivity contribution in [2.24, 2.45) is 5.92 Å². The molecular formula is C18H23NO5S. The van der Waals surface area contributed by atoms with Crippen molar-refractivity contribution in [3.8, 4) is 0 Å². The van der Waals surface area contributed by atoms with Gasteiger partial charge in [-0.1, -0.05) is 30.3 Å². The SMILES string of the molecule is O=C(O)C[C@H](SCC(=O)N1CCC(Cc2ccccc2)CC1)C(=O)O. The van der Waals surface area contributed by atoms with Gasteiger partial charge in [0.1, 0.15) is 5.25 Å². The Kier molecular flexibility index (Phi) is 7.31. The largest absolute Gasteiger partial charge is 0.481 e. The van der Waals surface area contributed by atoms with Crippen LogP contribution < -0.4 is 0 Å². The molecule has 0 aromatic heterocycles. The number of nitrogens with zero attached hydrogens (tertiary/aromatic N) is 1. The predicted molar refractivity (Wildman–Crippen MR) is 95.6 cm³/mol. The third-order valence-electron chi connectivity index (χ3n) is 4.38. The molecule has 0 bridgehead atoms. The molecule has 0 unspecified atom stereocenters. The molecule has 1 aromatic rings. The zero-order valence-electron chi connectivity index (χ0n) is 14.0. The van der Waals surface area contributed by atoms with Crippen LogP contribution in [0, 0.1) is 5.92 Å². The van der Waals surface area contributed by atoms with E-state index < -0.39 is 23.6 Å². The van der Waals surface area contributed by atoms with Crippen molar-refractivity contribution < 1.29 is 24.6 Å². The highest BCUT2D eigenvalue weighted by molar-refractivity contribution is 8.01. The summed E-state index contributed by atoms with van der Waals surface area (Å²) in [6, 6.07) is 10.3. The third kappa shape index (κ3) is 6.42. The van der Waals surface area contributed by atoms with Crippen molar-refractivity contribution in [3.05, 3.63) is 35.9 Å². The monoisotopic (exact) mass is 365 g/mol. The summed E-state index contributed by atoms with van der Waals surface area (Å²) in [6.07, 6.45) is 2.40. The Morgan fingerprint density at radius 1 is 1.12 bits per heavy atom. The number of carbonyl (C=O) groups is 3. The Morgan fingerprint density at radius 2 is 1.76 bits per heavy atom. The van der Waals surface area contributed by atoms with Gasteiger partial charge < -0.3 is 15.1 Å². The van der Waals surface area contributed by atoms with Crippen LogP contribution in [0.5, 0.6) is 0 Å². The highest BCUT2D eigenvalue weighted by Crippen LogP contribution is 2.23. The van der Waals surface area contributed by atoms with Crippen LogP contribution in [-0.4, -0.2) is 57.1 Å². The van der Waals surface area contributed by atoms with Gasteiger partial charge in [-0.25, -0.2) is 0 Å². The smallest absolute Gasteiger partial charge is 0.317 e. The fourth-order valence-corrected chi connectivity index (χ4v) is 3.90. The lowest BCUT2D eigenvalue weighted by molar-refractivity contribution is -0.143. The minimum atomic E-state index is -1.19. The number of piperidine rings is 1. The standard InChI is InChI=1S/C18H23NO5S/c20-16(12-25-15(18(23)24)11-17(21)22)19-8-6-14(7-9-19)10-13-4-2-1-3-5-13/h1-5,14-15H,6-12H2,(H,21,22)(H,23,24)/t15-/m0/s1. The number of amides is 1. The highest BCUT2D eigenvalue weighted by atomic mass is 32.2. The second-order valence-electron chi connectivity index (χ2n) is 6.25. The summed E-state index contributed by atoms with van der Waals surface area (Å²) in [5.41, 5.74) is 1.31. The van der Waals surface area contributed by atoms with E-state index in [-0.39, 0.29) is 11.7 Å². The molecule has 1 aliphatic heterocycles. The van der Waals surface area contributed by atoms with Crippen LogP contribution >= 0.6 is 11.8 Å². The molecule has 1 heterocycles. The summed E-state index contributed by atoms with van der Waals surface area (Å²) in [4.78, 5) is 35.7. The van der Waals surface area contributed by atoms with E-state index in [1.165, 1.54) is 5.56 Å². The van der Waals surface area contributed by atoms with Crippen molar-refractivity contribution in [2.45, 2.75) is 30.9 Å². The fraction of sp³-hybridized carbons (Fsp3) is 0.500. The molecule has 0 saturated carbocycles. The Labute approximate surface area is 151 Å². The molecule has 25 heavy (non-hydrogen) atoms. The van der Waals surface area contributed by atoms with Gasteiger partial charge in [-0.05, 0) is 30.7 Å². The molecule has 7 heteroatoms. The average Bonchev–Trinajstić information content (AvgIpc) is 2.59. The van der Waals surface area contributed by atoms with Crippen LogP contribution in [0.1, 0.15) is 24.8 Å². The first-order valence-electron chi connectivity index (χ1n) is 8.33. The van der Waals surface area contributed by atoms with Gasteiger partial charge in [0, 0.05) is 13.1 Å². The topological polar surface area (TPSA) is 94.9 Å². The zero-order valence-corrected chi connectivity index (χ0v) is 14.8. The number of carbonyl (C=O) groups excluding carboxylic acids is 1. The third-order valence-corrected chi connectivity index (χ3v) is 5.56. The van der Waals surface area contributed by atoms with E-state index in [0.717, 1.165) is 31.0 Å². The molecule has 1 aromatic carbocycles. The number of hydrogen-bond acceptors (Lipinski definition) is 4. The van der Waals surface area contributed by atoms with Gasteiger partial charge >= 0.3 is 11.9 Å². The van der Waals surface area contributed by atoms with Gasteiger partial charge in [0.05, 0.1) is 12.2 Å². The summed E-state index contributed by atoms with van der Waals surface area (Å²) >= 11 is 0.892. The highest BCUT2D eigenvalue weighted by Gasteiger charge is 2.26. The van der Waals surface area contributed by atoms with Gasteiger partial charge in [0.15, 0.2) is 0 Å². The van der Waals surface area contributed by atoms with Gasteiger partial charge in [0.25, 0.3) is 0 Å². The van der Waals surface area contributed by atoms with E-state index in [1.54, 1.807) is 4.90 Å². The van der Waals surface area contributed by atoms with Gasteiger partial charge in [-0.3, -0.25) is 14.4 Å². The van der Waals surface area contributed by atoms with Crippen molar-refractivity contribution >= 4 is 29.6 Å². The number of carboxylic acid groups (broad SMARTS) is 2. The Bertz CT molecular complexity index is 599. The predicted octanol–water partition coefficient (Wildman–Crippen LogP) is 2.13. The quantitative estimate of drug-likeness (QED) is 0.733. The maximum Gasteiger partial charge on any atom is 0.317 e. The van der Waals surface area contributed by atoms with Gasteiger partial charge in [0.2, 0.25) is 5.91 Å².